The molecule has 3 rings (SSSR count). The van der Waals surface area contributed by atoms with Crippen molar-refractivity contribution in [3.05, 3.63) is 54.7 Å². The molecule has 0 fully saturated rings. The number of amides is 1. The Hall–Kier alpha value is -2.95. The summed E-state index contributed by atoms with van der Waals surface area (Å²) in [5.41, 5.74) is 3.50. The first-order valence-electron chi connectivity index (χ1n) is 9.29. The number of para-hydroxylation sites is 2. The number of carbonyl (C=O) groups is 1. The average molecular weight is 363 g/mol. The maximum atomic E-state index is 12.1. The van der Waals surface area contributed by atoms with Gasteiger partial charge in [0.2, 0.25) is 0 Å². The Balaban J connectivity index is 1.63. The smallest absolute Gasteiger partial charge is 0.260 e. The van der Waals surface area contributed by atoms with E-state index in [0.717, 1.165) is 28.7 Å². The molecule has 140 valence electrons. The van der Waals surface area contributed by atoms with E-state index in [0.29, 0.717) is 18.2 Å². The van der Waals surface area contributed by atoms with Crippen molar-refractivity contribution in [1.29, 1.82) is 0 Å². The highest BCUT2D eigenvalue weighted by molar-refractivity contribution is 5.80. The molecule has 1 amide bonds. The van der Waals surface area contributed by atoms with Gasteiger partial charge in [-0.3, -0.25) is 9.78 Å². The molecule has 3 aromatic rings. The maximum absolute atomic E-state index is 12.1. The minimum Gasteiger partial charge on any atom is -0.481 e. The van der Waals surface area contributed by atoms with Crippen LogP contribution in [-0.4, -0.2) is 28.5 Å². The van der Waals surface area contributed by atoms with E-state index in [4.69, 9.17) is 4.74 Å². The topological polar surface area (TPSA) is 64.1 Å². The van der Waals surface area contributed by atoms with Gasteiger partial charge in [0.1, 0.15) is 5.75 Å². The van der Waals surface area contributed by atoms with Crippen molar-refractivity contribution in [3.8, 4) is 17.0 Å². The molecule has 0 bridgehead atoms. The van der Waals surface area contributed by atoms with E-state index in [2.05, 4.69) is 29.1 Å². The molecule has 0 unspecified atom stereocenters. The van der Waals surface area contributed by atoms with Gasteiger partial charge in [-0.1, -0.05) is 26.0 Å². The van der Waals surface area contributed by atoms with E-state index in [1.165, 1.54) is 0 Å². The zero-order valence-electron chi connectivity index (χ0n) is 16.0. The van der Waals surface area contributed by atoms with Crippen molar-refractivity contribution < 1.29 is 9.53 Å². The van der Waals surface area contributed by atoms with Gasteiger partial charge in [0, 0.05) is 12.1 Å². The van der Waals surface area contributed by atoms with Crippen molar-refractivity contribution in [2.75, 3.05) is 6.54 Å². The van der Waals surface area contributed by atoms with Crippen LogP contribution in [0.15, 0.2) is 54.7 Å². The van der Waals surface area contributed by atoms with E-state index in [9.17, 15) is 4.79 Å². The summed E-state index contributed by atoms with van der Waals surface area (Å²) in [6.45, 7) is 6.69. The Kier molecular flexibility index (Phi) is 6.01. The number of hydrogen-bond donors (Lipinski definition) is 1. The van der Waals surface area contributed by atoms with Gasteiger partial charge in [-0.2, -0.15) is 0 Å². The van der Waals surface area contributed by atoms with Crippen LogP contribution in [0.1, 0.15) is 27.2 Å². The van der Waals surface area contributed by atoms with E-state index in [1.807, 2.05) is 48.5 Å². The minimum absolute atomic E-state index is 0.0971. The number of rotatable bonds is 7. The first kappa shape index (κ1) is 18.8. The number of fused-ring (bicyclic) bond motifs is 1. The third-order valence-electron chi connectivity index (χ3n) is 4.30. The van der Waals surface area contributed by atoms with Gasteiger partial charge < -0.3 is 10.1 Å². The highest BCUT2D eigenvalue weighted by Crippen LogP contribution is 2.22. The van der Waals surface area contributed by atoms with Crippen LogP contribution in [-0.2, 0) is 4.79 Å². The van der Waals surface area contributed by atoms with E-state index < -0.39 is 6.10 Å². The molecule has 0 aliphatic heterocycles. The van der Waals surface area contributed by atoms with E-state index in [-0.39, 0.29) is 5.91 Å². The van der Waals surface area contributed by atoms with Gasteiger partial charge in [0.15, 0.2) is 6.10 Å². The van der Waals surface area contributed by atoms with Crippen molar-refractivity contribution in [1.82, 2.24) is 15.3 Å². The van der Waals surface area contributed by atoms with E-state index in [1.54, 1.807) is 13.1 Å². The predicted octanol–water partition coefficient (Wildman–Crippen LogP) is 4.23. The van der Waals surface area contributed by atoms with Gasteiger partial charge >= 0.3 is 0 Å². The fourth-order valence-electron chi connectivity index (χ4n) is 2.69. The van der Waals surface area contributed by atoms with Crippen molar-refractivity contribution in [2.24, 2.45) is 5.92 Å². The number of hydrogen-bond acceptors (Lipinski definition) is 4. The van der Waals surface area contributed by atoms with Crippen molar-refractivity contribution in [2.45, 2.75) is 33.3 Å². The van der Waals surface area contributed by atoms with Crippen LogP contribution in [0.4, 0.5) is 0 Å². The molecule has 0 aliphatic carbocycles. The Morgan fingerprint density at radius 1 is 1.04 bits per heavy atom. The van der Waals surface area contributed by atoms with Crippen molar-refractivity contribution in [3.63, 3.8) is 0 Å². The maximum Gasteiger partial charge on any atom is 0.260 e. The van der Waals surface area contributed by atoms with Gasteiger partial charge in [0.25, 0.3) is 5.91 Å². The highest BCUT2D eigenvalue weighted by Gasteiger charge is 2.14. The van der Waals surface area contributed by atoms with Crippen LogP contribution in [0.3, 0.4) is 0 Å². The normalized spacial score (nSPS) is 12.1. The lowest BCUT2D eigenvalue weighted by Crippen LogP contribution is -2.37. The number of aromatic nitrogens is 2. The summed E-state index contributed by atoms with van der Waals surface area (Å²) in [7, 11) is 0. The van der Waals surface area contributed by atoms with Crippen LogP contribution in [0, 0.1) is 5.92 Å². The van der Waals surface area contributed by atoms with Crippen LogP contribution in [0.25, 0.3) is 22.3 Å². The second kappa shape index (κ2) is 8.62. The molecular weight excluding hydrogens is 338 g/mol. The number of ether oxygens (including phenoxy) is 1. The molecule has 0 spiro atoms. The molecule has 0 saturated carbocycles. The van der Waals surface area contributed by atoms with Gasteiger partial charge in [-0.05, 0) is 55.7 Å². The molecule has 0 saturated heterocycles. The number of nitrogens with one attached hydrogen (secondary N) is 1. The second-order valence-electron chi connectivity index (χ2n) is 7.00. The average Bonchev–Trinajstić information content (AvgIpc) is 2.67. The SMILES string of the molecule is CC(C)CCNC(=O)[C@H](C)Oc1ccc(-c2cnc3ccccc3n2)cc1. The lowest BCUT2D eigenvalue weighted by atomic mass is 10.1. The van der Waals surface area contributed by atoms with Gasteiger partial charge in [-0.15, -0.1) is 0 Å². The lowest BCUT2D eigenvalue weighted by Gasteiger charge is -2.15. The predicted molar refractivity (Wildman–Crippen MR) is 108 cm³/mol. The molecule has 1 heterocycles. The first-order valence-corrected chi connectivity index (χ1v) is 9.29. The Labute approximate surface area is 159 Å². The van der Waals surface area contributed by atoms with Crippen molar-refractivity contribution >= 4 is 16.9 Å². The number of benzene rings is 2. The van der Waals surface area contributed by atoms with Crippen LogP contribution in [0.5, 0.6) is 5.75 Å². The summed E-state index contributed by atoms with van der Waals surface area (Å²) < 4.78 is 5.75. The molecule has 5 heteroatoms. The molecule has 2 aromatic carbocycles. The number of nitrogens with zero attached hydrogens (tertiary/aromatic N) is 2. The van der Waals surface area contributed by atoms with Crippen LogP contribution >= 0.6 is 0 Å². The zero-order valence-corrected chi connectivity index (χ0v) is 16.0. The molecule has 1 aromatic heterocycles. The summed E-state index contributed by atoms with van der Waals surface area (Å²) in [6.07, 6.45) is 2.19. The summed E-state index contributed by atoms with van der Waals surface area (Å²) in [6, 6.07) is 15.3. The lowest BCUT2D eigenvalue weighted by molar-refractivity contribution is -0.127. The molecule has 5 nitrogen and oxygen atoms in total. The van der Waals surface area contributed by atoms with Crippen LogP contribution in [0.2, 0.25) is 0 Å². The zero-order chi connectivity index (χ0) is 19.2. The number of carbonyl (C=O) groups excluding carboxylic acids is 1. The molecule has 0 aliphatic rings. The standard InChI is InChI=1S/C22H25N3O2/c1-15(2)12-13-23-22(26)16(3)27-18-10-8-17(9-11-18)21-14-24-19-6-4-5-7-20(19)25-21/h4-11,14-16H,12-13H2,1-3H3,(H,23,26)/t16-/m0/s1. The Morgan fingerprint density at radius 3 is 2.44 bits per heavy atom. The first-order chi connectivity index (χ1) is 13.0. The third-order valence-corrected chi connectivity index (χ3v) is 4.30. The fraction of sp³-hybridized carbons (Fsp3) is 0.318. The quantitative estimate of drug-likeness (QED) is 0.682. The van der Waals surface area contributed by atoms with Crippen LogP contribution < -0.4 is 10.1 Å². The molecule has 27 heavy (non-hydrogen) atoms. The van der Waals surface area contributed by atoms with Gasteiger partial charge in [0.05, 0.1) is 22.9 Å². The summed E-state index contributed by atoms with van der Waals surface area (Å²) in [4.78, 5) is 21.2. The largest absolute Gasteiger partial charge is 0.481 e. The molecule has 0 radical (unpaired) electrons. The van der Waals surface area contributed by atoms with E-state index >= 15 is 0 Å². The summed E-state index contributed by atoms with van der Waals surface area (Å²) in [5.74, 6) is 1.12. The molecule has 1 N–H and O–H groups in total. The Morgan fingerprint density at radius 2 is 1.74 bits per heavy atom. The summed E-state index contributed by atoms with van der Waals surface area (Å²) in [5, 5.41) is 2.91. The minimum atomic E-state index is -0.538. The highest BCUT2D eigenvalue weighted by atomic mass is 16.5. The fourth-order valence-corrected chi connectivity index (χ4v) is 2.69. The van der Waals surface area contributed by atoms with Gasteiger partial charge in [-0.25, -0.2) is 4.98 Å². The summed E-state index contributed by atoms with van der Waals surface area (Å²) >= 11 is 0. The third kappa shape index (κ3) is 5.03. The Bertz CT molecular complexity index is 907. The molecular formula is C22H25N3O2. The second-order valence-corrected chi connectivity index (χ2v) is 7.00. The molecule has 1 atom stereocenters. The monoisotopic (exact) mass is 363 g/mol.